The van der Waals surface area contributed by atoms with Gasteiger partial charge in [-0.2, -0.15) is 0 Å². The Kier molecular flexibility index (Phi) is 45.7. The number of esters is 2. The molecular weight excluding hydrogens is 1240 g/mol. The molecule has 5 rings (SSSR count). The minimum atomic E-state index is -4.94. The van der Waals surface area contributed by atoms with Crippen LogP contribution in [-0.2, 0) is 56.4 Å². The maximum atomic E-state index is 12.9. The van der Waals surface area contributed by atoms with E-state index in [1.807, 2.05) is 55.5 Å². The number of carbonyl (C=O) groups is 4. The summed E-state index contributed by atoms with van der Waals surface area (Å²) in [5, 5.41) is 5.04. The number of hydrogen-bond donors (Lipinski definition) is 2. The van der Waals surface area contributed by atoms with Gasteiger partial charge in [-0.05, 0) is 66.3 Å². The van der Waals surface area contributed by atoms with Crippen LogP contribution in [0.15, 0.2) is 65.7 Å². The third-order valence-corrected chi connectivity index (χ3v) is 17.3. The first-order valence-corrected chi connectivity index (χ1v) is 37.1. The van der Waals surface area contributed by atoms with Crippen molar-refractivity contribution in [3.8, 4) is 28.4 Å². The number of nitrogens with one attached hydrogen (secondary N) is 2. The van der Waals surface area contributed by atoms with Gasteiger partial charge in [-0.3, -0.25) is 18.9 Å². The van der Waals surface area contributed by atoms with E-state index in [9.17, 15) is 28.6 Å². The summed E-state index contributed by atoms with van der Waals surface area (Å²) in [6.45, 7) is 5.92. The van der Waals surface area contributed by atoms with Crippen LogP contribution < -0.4 is 59.3 Å². The molecule has 2 heterocycles. The molecule has 0 bridgehead atoms. The molecule has 0 aromatic heterocycles. The van der Waals surface area contributed by atoms with E-state index in [1.54, 1.807) is 0 Å². The van der Waals surface area contributed by atoms with Crippen LogP contribution in [0.4, 0.5) is 10.5 Å². The first-order valence-electron chi connectivity index (χ1n) is 35.7. The molecular formula is C73H113N3NaO17P. The van der Waals surface area contributed by atoms with Crippen molar-refractivity contribution >= 4 is 43.2 Å². The Hall–Kier alpha value is -4.60. The van der Waals surface area contributed by atoms with E-state index < -0.39 is 57.4 Å². The molecule has 0 aliphatic carbocycles. The number of phosphoric ester groups is 1. The standard InChI is InChI=1S/C73H114N3O17P.Na/c1-4-6-8-10-12-14-16-18-20-22-24-26-28-30-32-34-70(78)88-54-63(91-71(79)35-33-31-29-27-25-23-21-19-17-15-13-11-9-7-5-2)55-90-94(81,82)89-47-45-75-73(80)86-51-50-84-57-69(77)74-44-46-83-48-49-85-58-72-92-67-43-41-62(53-68(67)93-72)60-37-39-61(40-38-60)65-56-87-66-42-36-59(3)52-64(66)76-65;/h36-43,52-53,63,72H,4-35,44-51,54-58H2,1-3H3,(H,74,77)(H,75,80)(H,81,82);/q;+1/p-1. The Morgan fingerprint density at radius 1 is 0.537 bits per heavy atom. The number of carbonyl (C=O) groups excluding carboxylic acids is 4. The van der Waals surface area contributed by atoms with Crippen molar-refractivity contribution in [1.82, 2.24) is 10.6 Å². The molecule has 3 aromatic carbocycles. The number of nitrogens with zero attached hydrogens (tertiary/aromatic N) is 1. The van der Waals surface area contributed by atoms with Crippen molar-refractivity contribution < 1.29 is 110 Å². The fourth-order valence-electron chi connectivity index (χ4n) is 11.0. The Morgan fingerprint density at radius 2 is 1.05 bits per heavy atom. The number of aryl methyl sites for hydroxylation is 1. The zero-order chi connectivity index (χ0) is 67.0. The molecule has 0 fully saturated rings. The maximum absolute atomic E-state index is 12.9. The number of ether oxygens (including phenoxy) is 9. The molecule has 0 saturated carbocycles. The average Bonchev–Trinajstić information content (AvgIpc) is 1.68. The van der Waals surface area contributed by atoms with Gasteiger partial charge in [0, 0.05) is 25.9 Å². The minimum Gasteiger partial charge on any atom is -0.756 e. The summed E-state index contributed by atoms with van der Waals surface area (Å²) in [5.74, 6) is 0.674. The molecule has 3 unspecified atom stereocenters. The van der Waals surface area contributed by atoms with Crippen LogP contribution in [0.2, 0.25) is 0 Å². The van der Waals surface area contributed by atoms with Gasteiger partial charge in [0.1, 0.15) is 44.5 Å². The number of benzene rings is 3. The number of aliphatic imine (C=N–C) groups is 1. The third kappa shape index (κ3) is 39.0. The predicted octanol–water partition coefficient (Wildman–Crippen LogP) is 12.6. The van der Waals surface area contributed by atoms with Gasteiger partial charge in [0.25, 0.3) is 14.1 Å². The summed E-state index contributed by atoms with van der Waals surface area (Å²) >= 11 is 0. The maximum Gasteiger partial charge on any atom is 1.00 e. The van der Waals surface area contributed by atoms with Gasteiger partial charge in [0.15, 0.2) is 17.6 Å². The van der Waals surface area contributed by atoms with E-state index >= 15 is 0 Å². The Labute approximate surface area is 589 Å². The quantitative estimate of drug-likeness (QED) is 0.0175. The van der Waals surface area contributed by atoms with Gasteiger partial charge >= 0.3 is 47.6 Å². The van der Waals surface area contributed by atoms with Gasteiger partial charge < -0.3 is 67.2 Å². The predicted molar refractivity (Wildman–Crippen MR) is 364 cm³/mol. The second kappa shape index (κ2) is 52.5. The summed E-state index contributed by atoms with van der Waals surface area (Å²) in [4.78, 5) is 67.6. The van der Waals surface area contributed by atoms with E-state index in [1.165, 1.54) is 141 Å². The summed E-state index contributed by atoms with van der Waals surface area (Å²) in [7, 11) is -4.94. The summed E-state index contributed by atoms with van der Waals surface area (Å²) in [5.41, 5.74) is 5.84. The Morgan fingerprint density at radius 3 is 1.66 bits per heavy atom. The summed E-state index contributed by atoms with van der Waals surface area (Å²) in [6, 6.07) is 20.0. The minimum absolute atomic E-state index is 0. The average molecular weight is 1360 g/mol. The number of amides is 2. The number of fused-ring (bicyclic) bond motifs is 2. The third-order valence-electron chi connectivity index (χ3n) is 16.4. The van der Waals surface area contributed by atoms with Crippen molar-refractivity contribution in [1.29, 1.82) is 0 Å². The number of rotatable bonds is 57. The van der Waals surface area contributed by atoms with Crippen LogP contribution in [0.3, 0.4) is 0 Å². The van der Waals surface area contributed by atoms with Crippen LogP contribution in [0.5, 0.6) is 17.2 Å². The van der Waals surface area contributed by atoms with E-state index in [0.29, 0.717) is 30.9 Å². The van der Waals surface area contributed by atoms with Gasteiger partial charge in [-0.25, -0.2) is 9.79 Å². The SMILES string of the molecule is CCCCCCCCCCCCCCCCCC(=O)OCC(COP(=O)([O-])OCCNC(=O)OCCOCC(=O)NCCOCCOCC1Oc2ccc(-c3ccc(C4=Nc5cc(C)ccc5OC4)cc3)cc2O1)OC(=O)CCCCCCCCCCCCCCCCC.[Na+]. The molecule has 3 aromatic rings. The molecule has 0 spiro atoms. The number of hydrogen-bond acceptors (Lipinski definition) is 18. The number of unbranched alkanes of at least 4 members (excludes halogenated alkanes) is 28. The summed E-state index contributed by atoms with van der Waals surface area (Å²) < 4.78 is 73.2. The fraction of sp³-hybridized carbons (Fsp3) is 0.685. The molecule has 20 nitrogen and oxygen atoms in total. The van der Waals surface area contributed by atoms with Crippen molar-refractivity contribution in [3.63, 3.8) is 0 Å². The van der Waals surface area contributed by atoms with Gasteiger partial charge in [0.05, 0.1) is 45.4 Å². The topological polar surface area (TPSA) is 246 Å². The monoisotopic (exact) mass is 1360 g/mol. The molecule has 95 heavy (non-hydrogen) atoms. The van der Waals surface area contributed by atoms with Crippen molar-refractivity contribution in [2.75, 3.05) is 85.8 Å². The molecule has 3 atom stereocenters. The van der Waals surface area contributed by atoms with E-state index in [4.69, 9.17) is 56.7 Å². The largest absolute Gasteiger partial charge is 1.00 e. The van der Waals surface area contributed by atoms with Crippen LogP contribution >= 0.6 is 7.82 Å². The van der Waals surface area contributed by atoms with E-state index in [2.05, 4.69) is 36.6 Å². The zero-order valence-corrected chi connectivity index (χ0v) is 61.0. The molecule has 2 N–H and O–H groups in total. The molecule has 2 aliphatic heterocycles. The van der Waals surface area contributed by atoms with Crippen LogP contribution in [-0.4, -0.2) is 128 Å². The van der Waals surface area contributed by atoms with Crippen molar-refractivity contribution in [2.24, 2.45) is 4.99 Å². The van der Waals surface area contributed by atoms with E-state index in [-0.39, 0.29) is 108 Å². The number of phosphoric acid groups is 1. The first-order chi connectivity index (χ1) is 45.9. The fourth-order valence-corrected chi connectivity index (χ4v) is 11.7. The molecule has 22 heteroatoms. The van der Waals surface area contributed by atoms with E-state index in [0.717, 1.165) is 77.9 Å². The van der Waals surface area contributed by atoms with Crippen molar-refractivity contribution in [2.45, 2.75) is 239 Å². The smallest absolute Gasteiger partial charge is 0.756 e. The Balaban J connectivity index is 0.0000192. The molecule has 2 amide bonds. The molecule has 2 aliphatic rings. The van der Waals surface area contributed by atoms with Gasteiger partial charge in [0.2, 0.25) is 5.91 Å². The number of alkyl carbamates (subject to hydrolysis) is 1. The molecule has 528 valence electrons. The second-order valence-corrected chi connectivity index (χ2v) is 26.1. The van der Waals surface area contributed by atoms with Gasteiger partial charge in [-0.15, -0.1) is 0 Å². The van der Waals surface area contributed by atoms with Crippen LogP contribution in [0.1, 0.15) is 230 Å². The Bertz CT molecular complexity index is 2650. The van der Waals surface area contributed by atoms with Crippen LogP contribution in [0, 0.1) is 6.92 Å². The molecule has 0 radical (unpaired) electrons. The first kappa shape index (κ1) is 82.8. The summed E-state index contributed by atoms with van der Waals surface area (Å²) in [6.07, 6.45) is 33.8. The second-order valence-electron chi connectivity index (χ2n) is 24.6. The molecule has 0 saturated heterocycles. The zero-order valence-electron chi connectivity index (χ0n) is 58.1. The van der Waals surface area contributed by atoms with Crippen molar-refractivity contribution in [3.05, 3.63) is 71.8 Å². The normalized spacial score (nSPS) is 14.0. The van der Waals surface area contributed by atoms with Gasteiger partial charge in [-0.1, -0.05) is 230 Å². The van der Waals surface area contributed by atoms with Crippen LogP contribution in [0.25, 0.3) is 11.1 Å².